The Morgan fingerprint density at radius 2 is 0.610 bits per heavy atom. The second-order valence-electron chi connectivity index (χ2n) is 23.9. The molecule has 2 unspecified atom stereocenters. The molecular weight excluding hydrogens is 947 g/mol. The summed E-state index contributed by atoms with van der Waals surface area (Å²) in [6.07, 6.45) is 84.9. The average Bonchev–Trinajstić information content (AvgIpc) is 3.43. The van der Waals surface area contributed by atoms with E-state index in [-0.39, 0.29) is 18.5 Å². The Hall–Kier alpha value is -1.92. The van der Waals surface area contributed by atoms with Crippen molar-refractivity contribution < 1.29 is 24.5 Å². The number of nitrogens with one attached hydrogen (secondary N) is 1. The molecule has 3 N–H and O–H groups in total. The Morgan fingerprint density at radius 1 is 0.351 bits per heavy atom. The van der Waals surface area contributed by atoms with Crippen LogP contribution in [0.4, 0.5) is 0 Å². The van der Waals surface area contributed by atoms with Gasteiger partial charge in [-0.1, -0.05) is 320 Å². The fraction of sp³-hybridized carbons (Fsp3) is 0.887. The molecule has 0 aromatic rings. The molecule has 0 fully saturated rings. The van der Waals surface area contributed by atoms with E-state index in [0.717, 1.165) is 51.4 Å². The van der Waals surface area contributed by atoms with Crippen molar-refractivity contribution in [3.8, 4) is 0 Å². The van der Waals surface area contributed by atoms with Crippen LogP contribution in [0.5, 0.6) is 0 Å². The first kappa shape index (κ1) is 75.1. The van der Waals surface area contributed by atoms with Crippen LogP contribution in [0.3, 0.4) is 0 Å². The lowest BCUT2D eigenvalue weighted by molar-refractivity contribution is -0.143. The van der Waals surface area contributed by atoms with Crippen LogP contribution in [0.15, 0.2) is 36.5 Å². The van der Waals surface area contributed by atoms with Crippen LogP contribution in [-0.2, 0) is 14.3 Å². The fourth-order valence-electron chi connectivity index (χ4n) is 10.8. The molecule has 0 aromatic heterocycles. The molecule has 0 aliphatic carbocycles. The number of carbonyl (C=O) groups is 2. The second-order valence-corrected chi connectivity index (χ2v) is 23.9. The molecule has 6 heteroatoms. The highest BCUT2D eigenvalue weighted by molar-refractivity contribution is 5.76. The van der Waals surface area contributed by atoms with Gasteiger partial charge in [-0.05, 0) is 83.5 Å². The Morgan fingerprint density at radius 3 is 0.922 bits per heavy atom. The number of aliphatic hydroxyl groups excluding tert-OH is 2. The van der Waals surface area contributed by atoms with Gasteiger partial charge in [-0.2, -0.15) is 0 Å². The van der Waals surface area contributed by atoms with Crippen molar-refractivity contribution in [2.45, 2.75) is 392 Å². The number of hydrogen-bond acceptors (Lipinski definition) is 5. The second kappa shape index (κ2) is 66.6. The molecule has 77 heavy (non-hydrogen) atoms. The molecule has 0 spiro atoms. The molecule has 2 atom stereocenters. The number of hydrogen-bond donors (Lipinski definition) is 3. The lowest BCUT2D eigenvalue weighted by atomic mass is 10.0. The number of unbranched alkanes of at least 4 members (excludes halogenated alkanes) is 50. The number of rotatable bonds is 65. The molecule has 454 valence electrons. The summed E-state index contributed by atoms with van der Waals surface area (Å²) >= 11 is 0. The minimum absolute atomic E-state index is 0.00814. The zero-order valence-electron chi connectivity index (χ0n) is 52.0. The fourth-order valence-corrected chi connectivity index (χ4v) is 10.8. The van der Waals surface area contributed by atoms with Crippen molar-refractivity contribution in [1.29, 1.82) is 0 Å². The summed E-state index contributed by atoms with van der Waals surface area (Å²) in [7, 11) is 0. The Labute approximate surface area is 481 Å². The quantitative estimate of drug-likeness (QED) is 0.0320. The first-order chi connectivity index (χ1) is 38.0. The molecule has 6 nitrogen and oxygen atoms in total. The van der Waals surface area contributed by atoms with Gasteiger partial charge in [-0.15, -0.1) is 0 Å². The predicted molar refractivity (Wildman–Crippen MR) is 338 cm³/mol. The van der Waals surface area contributed by atoms with Crippen molar-refractivity contribution in [2.24, 2.45) is 0 Å². The molecule has 0 aromatic carbocycles. The third kappa shape index (κ3) is 63.1. The smallest absolute Gasteiger partial charge is 0.305 e. The number of allylic oxidation sites excluding steroid dienone is 5. The van der Waals surface area contributed by atoms with E-state index in [4.69, 9.17) is 4.74 Å². The number of esters is 1. The van der Waals surface area contributed by atoms with Gasteiger partial charge < -0.3 is 20.3 Å². The maximum Gasteiger partial charge on any atom is 0.305 e. The van der Waals surface area contributed by atoms with Crippen molar-refractivity contribution in [2.75, 3.05) is 13.2 Å². The zero-order valence-corrected chi connectivity index (χ0v) is 52.0. The maximum atomic E-state index is 12.5. The Balaban J connectivity index is 3.43. The first-order valence-electron chi connectivity index (χ1n) is 34.8. The van der Waals surface area contributed by atoms with Crippen LogP contribution >= 0.6 is 0 Å². The van der Waals surface area contributed by atoms with Gasteiger partial charge in [0.1, 0.15) is 0 Å². The van der Waals surface area contributed by atoms with Crippen LogP contribution in [0, 0.1) is 0 Å². The monoisotopic (exact) mass is 1080 g/mol. The Kier molecular flexibility index (Phi) is 64.9. The highest BCUT2D eigenvalue weighted by Crippen LogP contribution is 2.18. The van der Waals surface area contributed by atoms with Crippen LogP contribution in [0.1, 0.15) is 380 Å². The minimum atomic E-state index is -0.850. The highest BCUT2D eigenvalue weighted by atomic mass is 16.5. The normalized spacial score (nSPS) is 12.7. The number of aliphatic hydroxyl groups is 2. The molecule has 0 rings (SSSR count). The van der Waals surface area contributed by atoms with E-state index in [0.29, 0.717) is 19.4 Å². The summed E-state index contributed by atoms with van der Waals surface area (Å²) in [5.74, 6) is -0.0631. The summed E-state index contributed by atoms with van der Waals surface area (Å²) in [5, 5.41) is 23.2. The van der Waals surface area contributed by atoms with Crippen molar-refractivity contribution >= 4 is 11.9 Å². The van der Waals surface area contributed by atoms with Crippen molar-refractivity contribution in [3.63, 3.8) is 0 Å². The van der Waals surface area contributed by atoms with Crippen molar-refractivity contribution in [1.82, 2.24) is 5.32 Å². The molecular formula is C71H135NO5. The third-order valence-electron chi connectivity index (χ3n) is 16.1. The maximum absolute atomic E-state index is 12.5. The van der Waals surface area contributed by atoms with Gasteiger partial charge in [0.2, 0.25) is 5.91 Å². The van der Waals surface area contributed by atoms with Crippen LogP contribution in [-0.4, -0.2) is 47.4 Å². The highest BCUT2D eigenvalue weighted by Gasteiger charge is 2.18. The zero-order chi connectivity index (χ0) is 55.7. The third-order valence-corrected chi connectivity index (χ3v) is 16.1. The van der Waals surface area contributed by atoms with E-state index in [1.807, 2.05) is 6.08 Å². The van der Waals surface area contributed by atoms with E-state index in [2.05, 4.69) is 43.5 Å². The summed E-state index contributed by atoms with van der Waals surface area (Å²) in [6, 6.07) is -0.634. The van der Waals surface area contributed by atoms with Gasteiger partial charge >= 0.3 is 5.97 Å². The topological polar surface area (TPSA) is 95.9 Å². The van der Waals surface area contributed by atoms with E-state index < -0.39 is 12.1 Å². The standard InChI is InChI=1S/C71H135NO5/c1-3-5-7-9-11-13-15-17-19-21-22-28-32-35-39-43-47-51-55-59-63-69(74)68(67-73)72-70(75)64-60-56-52-48-44-40-36-33-29-26-24-23-25-27-30-34-38-42-46-50-54-58-62-66-77-71(76)65-61-57-53-49-45-41-37-31-20-18-16-14-12-10-8-6-4-2/h18,20,26,29,59,63,68-69,73-74H,3-17,19,21-25,27-28,30-58,60-62,64-67H2,1-2H3,(H,72,75)/b20-18-,29-26-,63-59+. The predicted octanol–water partition coefficient (Wildman–Crippen LogP) is 22.3. The lowest BCUT2D eigenvalue weighted by Gasteiger charge is -2.20. The van der Waals surface area contributed by atoms with Gasteiger partial charge in [-0.25, -0.2) is 0 Å². The van der Waals surface area contributed by atoms with E-state index >= 15 is 0 Å². The SMILES string of the molecule is CCCCCCCC/C=C\CCCCCCCCCC(=O)OCCCCCCCCCCCCCC/C=C\CCCCCCCCCC(=O)NC(CO)C(O)/C=C/CCCCCCCCCCCCCCCCCCCC. The van der Waals surface area contributed by atoms with E-state index in [1.54, 1.807) is 6.08 Å². The molecule has 0 aliphatic heterocycles. The molecule has 1 amide bonds. The van der Waals surface area contributed by atoms with Gasteiger partial charge in [0.05, 0.1) is 25.4 Å². The van der Waals surface area contributed by atoms with E-state index in [9.17, 15) is 19.8 Å². The molecule has 0 aliphatic rings. The Bertz CT molecular complexity index is 1250. The van der Waals surface area contributed by atoms with Gasteiger partial charge in [0, 0.05) is 12.8 Å². The summed E-state index contributed by atoms with van der Waals surface area (Å²) in [6.45, 7) is 4.93. The van der Waals surface area contributed by atoms with Crippen molar-refractivity contribution in [3.05, 3.63) is 36.5 Å². The van der Waals surface area contributed by atoms with E-state index in [1.165, 1.54) is 302 Å². The molecule has 0 radical (unpaired) electrons. The largest absolute Gasteiger partial charge is 0.466 e. The molecule has 0 saturated heterocycles. The van der Waals surface area contributed by atoms with Crippen LogP contribution in [0.25, 0.3) is 0 Å². The summed E-state index contributed by atoms with van der Waals surface area (Å²) in [4.78, 5) is 24.6. The van der Waals surface area contributed by atoms with Gasteiger partial charge in [0.25, 0.3) is 0 Å². The molecule has 0 saturated carbocycles. The van der Waals surface area contributed by atoms with Gasteiger partial charge in [0.15, 0.2) is 0 Å². The molecule has 0 bridgehead atoms. The number of ether oxygens (including phenoxy) is 1. The number of carbonyl (C=O) groups excluding carboxylic acids is 2. The minimum Gasteiger partial charge on any atom is -0.466 e. The summed E-state index contributed by atoms with van der Waals surface area (Å²) in [5.41, 5.74) is 0. The lowest BCUT2D eigenvalue weighted by Crippen LogP contribution is -2.45. The first-order valence-corrected chi connectivity index (χ1v) is 34.8. The average molecular weight is 1080 g/mol. The van der Waals surface area contributed by atoms with Gasteiger partial charge in [-0.3, -0.25) is 9.59 Å². The molecule has 0 heterocycles. The number of amides is 1. The summed E-state index contributed by atoms with van der Waals surface area (Å²) < 4.78 is 5.50. The van der Waals surface area contributed by atoms with Crippen LogP contribution in [0.2, 0.25) is 0 Å². The van der Waals surface area contributed by atoms with Crippen LogP contribution < -0.4 is 5.32 Å².